The van der Waals surface area contributed by atoms with Gasteiger partial charge in [-0.2, -0.15) is 0 Å². The molecule has 0 fully saturated rings. The zero-order chi connectivity index (χ0) is 9.14. The summed E-state index contributed by atoms with van der Waals surface area (Å²) in [6, 6.07) is 3.11. The van der Waals surface area contributed by atoms with Crippen LogP contribution in [0.2, 0.25) is 0 Å². The number of hydrogen-bond donors (Lipinski definition) is 0. The number of rotatable bonds is 2. The lowest BCUT2D eigenvalue weighted by molar-refractivity contribution is -0.389. The molecule has 0 amide bonds. The first-order valence-electron chi connectivity index (χ1n) is 3.45. The lowest BCUT2D eigenvalue weighted by atomic mass is 10.2. The SMILES string of the molecule is CCc1ccc([N+](=O)[O-])nc1Br. The van der Waals surface area contributed by atoms with Gasteiger partial charge in [-0.25, -0.2) is 0 Å². The fourth-order valence-corrected chi connectivity index (χ4v) is 1.41. The highest BCUT2D eigenvalue weighted by molar-refractivity contribution is 9.10. The van der Waals surface area contributed by atoms with Crippen molar-refractivity contribution in [2.75, 3.05) is 0 Å². The summed E-state index contributed by atoms with van der Waals surface area (Å²) in [7, 11) is 0. The summed E-state index contributed by atoms with van der Waals surface area (Å²) in [5.41, 5.74) is 0.973. The fourth-order valence-electron chi connectivity index (χ4n) is 0.819. The quantitative estimate of drug-likeness (QED) is 0.445. The molecule has 0 atom stereocenters. The minimum Gasteiger partial charge on any atom is -0.358 e. The van der Waals surface area contributed by atoms with Crippen LogP contribution in [0.15, 0.2) is 16.7 Å². The molecule has 0 spiro atoms. The third-order valence-corrected chi connectivity index (χ3v) is 2.17. The lowest BCUT2D eigenvalue weighted by Gasteiger charge is -1.95. The van der Waals surface area contributed by atoms with Crippen LogP contribution in [0, 0.1) is 10.1 Å². The Kier molecular flexibility index (Phi) is 2.75. The monoisotopic (exact) mass is 230 g/mol. The third-order valence-electron chi connectivity index (χ3n) is 1.48. The molecule has 0 bridgehead atoms. The molecule has 1 heterocycles. The van der Waals surface area contributed by atoms with Gasteiger partial charge in [0, 0.05) is 27.6 Å². The van der Waals surface area contributed by atoms with E-state index in [1.807, 2.05) is 6.92 Å². The molecule has 0 radical (unpaired) electrons. The molecular weight excluding hydrogens is 224 g/mol. The first-order chi connectivity index (χ1) is 5.65. The van der Waals surface area contributed by atoms with Gasteiger partial charge in [-0.1, -0.05) is 6.92 Å². The van der Waals surface area contributed by atoms with Crippen molar-refractivity contribution in [1.29, 1.82) is 0 Å². The van der Waals surface area contributed by atoms with Crippen molar-refractivity contribution < 1.29 is 4.92 Å². The number of nitrogens with zero attached hydrogens (tertiary/aromatic N) is 2. The summed E-state index contributed by atoms with van der Waals surface area (Å²) in [6.07, 6.45) is 0.811. The molecule has 0 N–H and O–H groups in total. The van der Waals surface area contributed by atoms with Crippen molar-refractivity contribution in [3.63, 3.8) is 0 Å². The van der Waals surface area contributed by atoms with Crippen molar-refractivity contribution in [2.45, 2.75) is 13.3 Å². The molecular formula is C7H7BrN2O2. The number of nitro groups is 1. The first kappa shape index (κ1) is 9.12. The second kappa shape index (κ2) is 3.62. The van der Waals surface area contributed by atoms with Crippen molar-refractivity contribution in [2.24, 2.45) is 0 Å². The van der Waals surface area contributed by atoms with E-state index in [0.717, 1.165) is 12.0 Å². The average molecular weight is 231 g/mol. The smallest absolute Gasteiger partial charge is 0.358 e. The highest BCUT2D eigenvalue weighted by Crippen LogP contribution is 2.18. The van der Waals surface area contributed by atoms with Crippen LogP contribution in [-0.2, 0) is 6.42 Å². The highest BCUT2D eigenvalue weighted by atomic mass is 79.9. The summed E-state index contributed by atoms with van der Waals surface area (Å²) in [4.78, 5) is 13.5. The molecule has 1 aromatic rings. The maximum atomic E-state index is 10.3. The van der Waals surface area contributed by atoms with Crippen LogP contribution in [0.1, 0.15) is 12.5 Å². The zero-order valence-electron chi connectivity index (χ0n) is 6.45. The van der Waals surface area contributed by atoms with Crippen molar-refractivity contribution in [1.82, 2.24) is 4.98 Å². The van der Waals surface area contributed by atoms with Gasteiger partial charge in [-0.05, 0) is 22.4 Å². The Morgan fingerprint density at radius 3 is 2.75 bits per heavy atom. The molecule has 1 rings (SSSR count). The van der Waals surface area contributed by atoms with Crippen LogP contribution in [0.3, 0.4) is 0 Å². The van der Waals surface area contributed by atoms with Crippen LogP contribution in [0.25, 0.3) is 0 Å². The van der Waals surface area contributed by atoms with Gasteiger partial charge in [-0.3, -0.25) is 0 Å². The summed E-state index contributed by atoms with van der Waals surface area (Å²) in [5.74, 6) is -0.126. The molecule has 5 heteroatoms. The molecule has 64 valence electrons. The van der Waals surface area contributed by atoms with Crippen LogP contribution >= 0.6 is 15.9 Å². The van der Waals surface area contributed by atoms with Crippen molar-refractivity contribution in [3.8, 4) is 0 Å². The standard InChI is InChI=1S/C7H7BrN2O2/c1-2-5-3-4-6(10(11)12)9-7(5)8/h3-4H,2H2,1H3. The second-order valence-corrected chi connectivity index (χ2v) is 2.98. The van der Waals surface area contributed by atoms with Gasteiger partial charge in [0.15, 0.2) is 0 Å². The van der Waals surface area contributed by atoms with E-state index >= 15 is 0 Å². The Morgan fingerprint density at radius 1 is 1.67 bits per heavy atom. The molecule has 4 nitrogen and oxygen atoms in total. The van der Waals surface area contributed by atoms with E-state index in [9.17, 15) is 10.1 Å². The molecule has 1 aromatic heterocycles. The van der Waals surface area contributed by atoms with E-state index < -0.39 is 4.92 Å². The Hall–Kier alpha value is -0.970. The van der Waals surface area contributed by atoms with Gasteiger partial charge < -0.3 is 10.1 Å². The van der Waals surface area contributed by atoms with Crippen molar-refractivity contribution in [3.05, 3.63) is 32.4 Å². The van der Waals surface area contributed by atoms with E-state index in [1.165, 1.54) is 6.07 Å². The maximum absolute atomic E-state index is 10.3. The number of halogens is 1. The highest BCUT2D eigenvalue weighted by Gasteiger charge is 2.10. The van der Waals surface area contributed by atoms with E-state index in [2.05, 4.69) is 20.9 Å². The Morgan fingerprint density at radius 2 is 2.33 bits per heavy atom. The van der Waals surface area contributed by atoms with E-state index in [4.69, 9.17) is 0 Å². The molecule has 0 aromatic carbocycles. The van der Waals surface area contributed by atoms with Gasteiger partial charge >= 0.3 is 5.82 Å². The van der Waals surface area contributed by atoms with Gasteiger partial charge in [0.05, 0.1) is 0 Å². The predicted molar refractivity (Wildman–Crippen MR) is 48.0 cm³/mol. The fraction of sp³-hybridized carbons (Fsp3) is 0.286. The number of aryl methyl sites for hydroxylation is 1. The lowest BCUT2D eigenvalue weighted by Crippen LogP contribution is -1.94. The Balaban J connectivity index is 3.10. The minimum atomic E-state index is -0.510. The predicted octanol–water partition coefficient (Wildman–Crippen LogP) is 2.31. The summed E-state index contributed by atoms with van der Waals surface area (Å²) >= 11 is 3.16. The van der Waals surface area contributed by atoms with Crippen LogP contribution in [0.4, 0.5) is 5.82 Å². The Bertz CT molecular complexity index is 314. The van der Waals surface area contributed by atoms with Gasteiger partial charge in [0.1, 0.15) is 0 Å². The van der Waals surface area contributed by atoms with E-state index in [-0.39, 0.29) is 5.82 Å². The van der Waals surface area contributed by atoms with Crippen LogP contribution in [-0.4, -0.2) is 9.91 Å². The van der Waals surface area contributed by atoms with E-state index in [1.54, 1.807) is 6.07 Å². The van der Waals surface area contributed by atoms with Gasteiger partial charge in [0.2, 0.25) is 4.60 Å². The molecule has 12 heavy (non-hydrogen) atoms. The Labute approximate surface area is 77.9 Å². The average Bonchev–Trinajstić information content (AvgIpc) is 2.04. The zero-order valence-corrected chi connectivity index (χ0v) is 8.04. The third kappa shape index (κ3) is 1.79. The van der Waals surface area contributed by atoms with Gasteiger partial charge in [-0.15, -0.1) is 0 Å². The van der Waals surface area contributed by atoms with Crippen molar-refractivity contribution >= 4 is 21.7 Å². The van der Waals surface area contributed by atoms with Crippen LogP contribution in [0.5, 0.6) is 0 Å². The second-order valence-electron chi connectivity index (χ2n) is 2.23. The summed E-state index contributed by atoms with van der Waals surface area (Å²) in [5, 5.41) is 10.3. The van der Waals surface area contributed by atoms with Gasteiger partial charge in [0.25, 0.3) is 0 Å². The number of pyridine rings is 1. The number of aromatic nitrogens is 1. The van der Waals surface area contributed by atoms with E-state index in [0.29, 0.717) is 4.60 Å². The topological polar surface area (TPSA) is 56.0 Å². The molecule has 0 saturated carbocycles. The molecule has 0 unspecified atom stereocenters. The molecule has 0 aliphatic heterocycles. The largest absolute Gasteiger partial charge is 0.364 e. The maximum Gasteiger partial charge on any atom is 0.364 e. The van der Waals surface area contributed by atoms with Crippen LogP contribution < -0.4 is 0 Å². The molecule has 0 aliphatic carbocycles. The number of hydrogen-bond acceptors (Lipinski definition) is 3. The molecule has 0 aliphatic rings. The minimum absolute atomic E-state index is 0.126. The summed E-state index contributed by atoms with van der Waals surface area (Å²) in [6.45, 7) is 1.97. The normalized spacial score (nSPS) is 9.83. The summed E-state index contributed by atoms with van der Waals surface area (Å²) < 4.78 is 0.555. The first-order valence-corrected chi connectivity index (χ1v) is 4.24. The molecule has 0 saturated heterocycles.